The Morgan fingerprint density at radius 3 is 2.54 bits per heavy atom. The van der Waals surface area contributed by atoms with Gasteiger partial charge in [-0.1, -0.05) is 18.7 Å². The van der Waals surface area contributed by atoms with E-state index < -0.39 is 0 Å². The minimum absolute atomic E-state index is 0.164. The average molecular weight is 176 g/mol. The van der Waals surface area contributed by atoms with E-state index in [9.17, 15) is 4.79 Å². The van der Waals surface area contributed by atoms with Crippen LogP contribution in [0, 0.1) is 0 Å². The minimum atomic E-state index is 0.164. The summed E-state index contributed by atoms with van der Waals surface area (Å²) >= 11 is 0. The standard InChI is InChI=1S/C11H12O2/c1-3-13-11-6-4-10(5-7-11)8-9(2)12/h3-7H,1,8H2,2H3. The summed E-state index contributed by atoms with van der Waals surface area (Å²) < 4.78 is 5.04. The molecule has 0 bridgehead atoms. The van der Waals surface area contributed by atoms with Crippen LogP contribution in [0.4, 0.5) is 0 Å². The van der Waals surface area contributed by atoms with Gasteiger partial charge in [-0.2, -0.15) is 0 Å². The van der Waals surface area contributed by atoms with E-state index in [0.29, 0.717) is 6.42 Å². The van der Waals surface area contributed by atoms with Crippen molar-refractivity contribution in [3.8, 4) is 5.75 Å². The van der Waals surface area contributed by atoms with E-state index in [1.54, 1.807) is 6.92 Å². The number of hydrogen-bond donors (Lipinski definition) is 0. The molecule has 0 fully saturated rings. The summed E-state index contributed by atoms with van der Waals surface area (Å²) in [6, 6.07) is 7.39. The molecule has 2 nitrogen and oxygen atoms in total. The molecular weight excluding hydrogens is 164 g/mol. The lowest BCUT2D eigenvalue weighted by Gasteiger charge is -2.00. The number of ether oxygens (including phenoxy) is 1. The van der Waals surface area contributed by atoms with Crippen LogP contribution in [0.25, 0.3) is 0 Å². The normalized spacial score (nSPS) is 9.31. The number of rotatable bonds is 4. The first-order chi connectivity index (χ1) is 6.22. The summed E-state index contributed by atoms with van der Waals surface area (Å²) in [5, 5.41) is 0. The molecule has 0 aliphatic carbocycles. The van der Waals surface area contributed by atoms with Crippen molar-refractivity contribution in [1.82, 2.24) is 0 Å². The van der Waals surface area contributed by atoms with Crippen molar-refractivity contribution in [3.05, 3.63) is 42.7 Å². The van der Waals surface area contributed by atoms with Crippen molar-refractivity contribution >= 4 is 5.78 Å². The lowest BCUT2D eigenvalue weighted by molar-refractivity contribution is -0.116. The minimum Gasteiger partial charge on any atom is -0.466 e. The first-order valence-corrected chi connectivity index (χ1v) is 4.08. The molecule has 0 saturated carbocycles. The van der Waals surface area contributed by atoms with E-state index in [4.69, 9.17) is 4.74 Å². The van der Waals surface area contributed by atoms with Crippen molar-refractivity contribution in [2.45, 2.75) is 13.3 Å². The number of carbonyl (C=O) groups excluding carboxylic acids is 1. The highest BCUT2D eigenvalue weighted by Crippen LogP contribution is 2.12. The van der Waals surface area contributed by atoms with Gasteiger partial charge >= 0.3 is 0 Å². The van der Waals surface area contributed by atoms with Crippen molar-refractivity contribution in [3.63, 3.8) is 0 Å². The maximum Gasteiger partial charge on any atom is 0.134 e. The molecule has 0 aliphatic heterocycles. The van der Waals surface area contributed by atoms with Crippen LogP contribution in [0.3, 0.4) is 0 Å². The van der Waals surface area contributed by atoms with Crippen LogP contribution in [0.15, 0.2) is 37.1 Å². The van der Waals surface area contributed by atoms with Crippen LogP contribution >= 0.6 is 0 Å². The molecule has 1 aromatic carbocycles. The van der Waals surface area contributed by atoms with Gasteiger partial charge in [-0.3, -0.25) is 4.79 Å². The molecule has 2 heteroatoms. The predicted molar refractivity (Wildman–Crippen MR) is 51.7 cm³/mol. The second kappa shape index (κ2) is 4.45. The molecule has 1 aromatic rings. The zero-order valence-corrected chi connectivity index (χ0v) is 7.62. The van der Waals surface area contributed by atoms with Crippen molar-refractivity contribution < 1.29 is 9.53 Å². The Kier molecular flexibility index (Phi) is 3.26. The van der Waals surface area contributed by atoms with Crippen LogP contribution < -0.4 is 4.74 Å². The molecule has 0 atom stereocenters. The third kappa shape index (κ3) is 3.11. The Morgan fingerprint density at radius 1 is 1.46 bits per heavy atom. The highest BCUT2D eigenvalue weighted by molar-refractivity contribution is 5.78. The summed E-state index contributed by atoms with van der Waals surface area (Å²) in [5.74, 6) is 0.902. The van der Waals surface area contributed by atoms with Gasteiger partial charge in [0.15, 0.2) is 0 Å². The fourth-order valence-electron chi connectivity index (χ4n) is 1.07. The highest BCUT2D eigenvalue weighted by atomic mass is 16.5. The lowest BCUT2D eigenvalue weighted by atomic mass is 10.1. The number of hydrogen-bond acceptors (Lipinski definition) is 2. The Bertz CT molecular complexity index is 298. The topological polar surface area (TPSA) is 26.3 Å². The summed E-state index contributed by atoms with van der Waals surface area (Å²) in [4.78, 5) is 10.8. The van der Waals surface area contributed by atoms with Crippen LogP contribution in [0.1, 0.15) is 12.5 Å². The SMILES string of the molecule is C=COc1ccc(CC(C)=O)cc1. The van der Waals surface area contributed by atoms with Gasteiger partial charge < -0.3 is 4.74 Å². The zero-order valence-electron chi connectivity index (χ0n) is 7.62. The van der Waals surface area contributed by atoms with Crippen LogP contribution in [-0.2, 0) is 11.2 Å². The van der Waals surface area contributed by atoms with Crippen molar-refractivity contribution in [2.75, 3.05) is 0 Å². The number of carbonyl (C=O) groups is 1. The molecule has 0 radical (unpaired) electrons. The van der Waals surface area contributed by atoms with Gasteiger partial charge in [0.25, 0.3) is 0 Å². The quantitative estimate of drug-likeness (QED) is 0.658. The van der Waals surface area contributed by atoms with E-state index in [0.717, 1.165) is 11.3 Å². The smallest absolute Gasteiger partial charge is 0.134 e. The fourth-order valence-corrected chi connectivity index (χ4v) is 1.07. The summed E-state index contributed by atoms with van der Waals surface area (Å²) in [7, 11) is 0. The molecule has 0 saturated heterocycles. The predicted octanol–water partition coefficient (Wildman–Crippen LogP) is 2.34. The molecule has 1 rings (SSSR count). The van der Waals surface area contributed by atoms with Gasteiger partial charge in [-0.05, 0) is 24.6 Å². The average Bonchev–Trinajstić information content (AvgIpc) is 2.08. The molecule has 0 aromatic heterocycles. The van der Waals surface area contributed by atoms with Gasteiger partial charge in [0, 0.05) is 6.42 Å². The third-order valence-corrected chi connectivity index (χ3v) is 1.60. The maximum absolute atomic E-state index is 10.8. The molecule has 0 amide bonds. The van der Waals surface area contributed by atoms with E-state index in [2.05, 4.69) is 6.58 Å². The second-order valence-electron chi connectivity index (χ2n) is 2.81. The summed E-state index contributed by atoms with van der Waals surface area (Å²) in [5.41, 5.74) is 1.00. The Balaban J connectivity index is 2.69. The van der Waals surface area contributed by atoms with E-state index in [1.807, 2.05) is 24.3 Å². The molecular formula is C11H12O2. The third-order valence-electron chi connectivity index (χ3n) is 1.60. The zero-order chi connectivity index (χ0) is 9.68. The maximum atomic E-state index is 10.8. The van der Waals surface area contributed by atoms with Gasteiger partial charge in [-0.15, -0.1) is 0 Å². The van der Waals surface area contributed by atoms with Crippen molar-refractivity contribution in [1.29, 1.82) is 0 Å². The summed E-state index contributed by atoms with van der Waals surface area (Å²) in [6.45, 7) is 5.03. The van der Waals surface area contributed by atoms with E-state index >= 15 is 0 Å². The number of Topliss-reactive ketones (excluding diaryl/α,β-unsaturated/α-hetero) is 1. The number of ketones is 1. The first kappa shape index (κ1) is 9.52. The first-order valence-electron chi connectivity index (χ1n) is 4.08. The monoisotopic (exact) mass is 176 g/mol. The molecule has 13 heavy (non-hydrogen) atoms. The van der Waals surface area contributed by atoms with Gasteiger partial charge in [-0.25, -0.2) is 0 Å². The van der Waals surface area contributed by atoms with Crippen LogP contribution in [0.5, 0.6) is 5.75 Å². The largest absolute Gasteiger partial charge is 0.466 e. The Morgan fingerprint density at radius 2 is 2.08 bits per heavy atom. The molecule has 0 N–H and O–H groups in total. The second-order valence-corrected chi connectivity index (χ2v) is 2.81. The fraction of sp³-hybridized carbons (Fsp3) is 0.182. The summed E-state index contributed by atoms with van der Waals surface area (Å²) in [6.07, 6.45) is 1.86. The van der Waals surface area contributed by atoms with Crippen LogP contribution in [-0.4, -0.2) is 5.78 Å². The Labute approximate surface area is 77.8 Å². The Hall–Kier alpha value is -1.57. The lowest BCUT2D eigenvalue weighted by Crippen LogP contribution is -1.95. The van der Waals surface area contributed by atoms with Gasteiger partial charge in [0.05, 0.1) is 6.26 Å². The molecule has 0 heterocycles. The number of benzene rings is 1. The van der Waals surface area contributed by atoms with Crippen molar-refractivity contribution in [2.24, 2.45) is 0 Å². The van der Waals surface area contributed by atoms with E-state index in [-0.39, 0.29) is 5.78 Å². The van der Waals surface area contributed by atoms with Crippen LogP contribution in [0.2, 0.25) is 0 Å². The van der Waals surface area contributed by atoms with E-state index in [1.165, 1.54) is 6.26 Å². The molecule has 0 unspecified atom stereocenters. The highest BCUT2D eigenvalue weighted by Gasteiger charge is 1.97. The molecule has 0 spiro atoms. The molecule has 68 valence electrons. The molecule has 0 aliphatic rings. The van der Waals surface area contributed by atoms with Gasteiger partial charge in [0.2, 0.25) is 0 Å². The van der Waals surface area contributed by atoms with Gasteiger partial charge in [0.1, 0.15) is 11.5 Å².